The van der Waals surface area contributed by atoms with E-state index in [4.69, 9.17) is 16.3 Å². The summed E-state index contributed by atoms with van der Waals surface area (Å²) in [6, 6.07) is 0. The first-order chi connectivity index (χ1) is 7.70. The van der Waals surface area contributed by atoms with Gasteiger partial charge in [0.2, 0.25) is 5.28 Å². The minimum absolute atomic E-state index is 0.293. The molecular formula is C11H16ClN3O. The number of methoxy groups -OCH3 is 1. The molecule has 0 spiro atoms. The van der Waals surface area contributed by atoms with Crippen LogP contribution in [-0.2, 0) is 4.74 Å². The van der Waals surface area contributed by atoms with Gasteiger partial charge in [-0.3, -0.25) is 0 Å². The lowest BCUT2D eigenvalue weighted by atomic mass is 10.1. The van der Waals surface area contributed by atoms with Crippen molar-refractivity contribution in [3.63, 3.8) is 0 Å². The molecule has 1 aliphatic rings. The van der Waals surface area contributed by atoms with Crippen molar-refractivity contribution in [3.05, 3.63) is 17.0 Å². The number of aromatic nitrogens is 2. The molecule has 0 N–H and O–H groups in total. The monoisotopic (exact) mass is 241 g/mol. The maximum Gasteiger partial charge on any atom is 0.224 e. The molecule has 0 saturated carbocycles. The lowest BCUT2D eigenvalue weighted by Crippen LogP contribution is -2.40. The lowest BCUT2D eigenvalue weighted by molar-refractivity contribution is 0.0891. The summed E-state index contributed by atoms with van der Waals surface area (Å²) in [7, 11) is 1.76. The maximum absolute atomic E-state index is 5.83. The van der Waals surface area contributed by atoms with Gasteiger partial charge in [-0.15, -0.1) is 0 Å². The number of ether oxygens (including phenoxy) is 1. The first kappa shape index (κ1) is 11.6. The van der Waals surface area contributed by atoms with Crippen LogP contribution in [0.15, 0.2) is 6.20 Å². The zero-order chi connectivity index (χ0) is 11.5. The molecule has 1 saturated heterocycles. The lowest BCUT2D eigenvalue weighted by Gasteiger charge is -2.33. The second kappa shape index (κ2) is 4.97. The summed E-state index contributed by atoms with van der Waals surface area (Å²) in [5.74, 6) is 0.932. The second-order valence-corrected chi connectivity index (χ2v) is 4.43. The number of anilines is 1. The van der Waals surface area contributed by atoms with Crippen molar-refractivity contribution in [2.24, 2.45) is 0 Å². The standard InChI is InChI=1S/C11H16ClN3O/c1-8-6-13-11(12)14-10(8)15-5-3-4-9(7-15)16-2/h6,9H,3-5,7H2,1-2H3. The van der Waals surface area contributed by atoms with Crippen LogP contribution in [0.1, 0.15) is 18.4 Å². The summed E-state index contributed by atoms with van der Waals surface area (Å²) in [5, 5.41) is 0.306. The zero-order valence-electron chi connectivity index (χ0n) is 9.61. The van der Waals surface area contributed by atoms with Gasteiger partial charge in [-0.2, -0.15) is 0 Å². The van der Waals surface area contributed by atoms with Crippen LogP contribution in [0.5, 0.6) is 0 Å². The number of hydrogen-bond donors (Lipinski definition) is 0. The Morgan fingerprint density at radius 1 is 1.56 bits per heavy atom. The third-order valence-corrected chi connectivity index (χ3v) is 3.11. The fourth-order valence-corrected chi connectivity index (χ4v) is 2.18. The summed E-state index contributed by atoms with van der Waals surface area (Å²) in [6.45, 7) is 3.89. The second-order valence-electron chi connectivity index (χ2n) is 4.09. The first-order valence-electron chi connectivity index (χ1n) is 5.47. The van der Waals surface area contributed by atoms with Crippen molar-refractivity contribution >= 4 is 17.4 Å². The Labute approximate surface area is 101 Å². The SMILES string of the molecule is COC1CCCN(c2nc(Cl)ncc2C)C1. The van der Waals surface area contributed by atoms with Crippen molar-refractivity contribution in [1.82, 2.24) is 9.97 Å². The molecule has 1 aromatic heterocycles. The predicted molar refractivity (Wildman–Crippen MR) is 64.0 cm³/mol. The molecule has 1 aromatic rings. The van der Waals surface area contributed by atoms with E-state index < -0.39 is 0 Å². The molecule has 1 fully saturated rings. The van der Waals surface area contributed by atoms with Crippen LogP contribution in [0.3, 0.4) is 0 Å². The summed E-state index contributed by atoms with van der Waals surface area (Å²) in [4.78, 5) is 10.5. The van der Waals surface area contributed by atoms with Crippen LogP contribution in [-0.4, -0.2) is 36.3 Å². The summed E-state index contributed by atoms with van der Waals surface area (Å²) in [6.07, 6.45) is 4.30. The molecule has 0 amide bonds. The molecule has 0 bridgehead atoms. The molecule has 2 rings (SSSR count). The van der Waals surface area contributed by atoms with Crippen LogP contribution in [0.2, 0.25) is 5.28 Å². The molecule has 2 heterocycles. The fourth-order valence-electron chi connectivity index (χ4n) is 2.06. The van der Waals surface area contributed by atoms with Crippen molar-refractivity contribution in [1.29, 1.82) is 0 Å². The van der Waals surface area contributed by atoms with Crippen LogP contribution in [0, 0.1) is 6.92 Å². The third kappa shape index (κ3) is 2.44. The Hall–Kier alpha value is -0.870. The Morgan fingerprint density at radius 3 is 3.12 bits per heavy atom. The average molecular weight is 242 g/mol. The molecule has 1 unspecified atom stereocenters. The van der Waals surface area contributed by atoms with E-state index in [0.717, 1.165) is 37.3 Å². The van der Waals surface area contributed by atoms with Gasteiger partial charge in [0.15, 0.2) is 0 Å². The highest BCUT2D eigenvalue weighted by molar-refractivity contribution is 6.28. The highest BCUT2D eigenvalue weighted by atomic mass is 35.5. The van der Waals surface area contributed by atoms with E-state index in [2.05, 4.69) is 14.9 Å². The van der Waals surface area contributed by atoms with Gasteiger partial charge in [0.05, 0.1) is 6.10 Å². The van der Waals surface area contributed by atoms with E-state index in [1.165, 1.54) is 0 Å². The van der Waals surface area contributed by atoms with Gasteiger partial charge in [-0.05, 0) is 31.4 Å². The number of piperidine rings is 1. The molecular weight excluding hydrogens is 226 g/mol. The average Bonchev–Trinajstić information content (AvgIpc) is 2.32. The predicted octanol–water partition coefficient (Wildman–Crippen LogP) is 2.05. The molecule has 4 nitrogen and oxygen atoms in total. The van der Waals surface area contributed by atoms with Gasteiger partial charge >= 0.3 is 0 Å². The minimum atomic E-state index is 0.293. The third-order valence-electron chi connectivity index (χ3n) is 2.93. The van der Waals surface area contributed by atoms with Gasteiger partial charge < -0.3 is 9.64 Å². The molecule has 5 heteroatoms. The zero-order valence-corrected chi connectivity index (χ0v) is 10.4. The van der Waals surface area contributed by atoms with Gasteiger partial charge in [0.1, 0.15) is 5.82 Å². The minimum Gasteiger partial charge on any atom is -0.380 e. The van der Waals surface area contributed by atoms with E-state index in [0.29, 0.717) is 11.4 Å². The van der Waals surface area contributed by atoms with E-state index in [-0.39, 0.29) is 0 Å². The van der Waals surface area contributed by atoms with Crippen LogP contribution in [0.25, 0.3) is 0 Å². The smallest absolute Gasteiger partial charge is 0.224 e. The van der Waals surface area contributed by atoms with E-state index >= 15 is 0 Å². The van der Waals surface area contributed by atoms with Gasteiger partial charge in [-0.25, -0.2) is 9.97 Å². The van der Waals surface area contributed by atoms with Crippen molar-refractivity contribution in [2.45, 2.75) is 25.9 Å². The van der Waals surface area contributed by atoms with Gasteiger partial charge in [0, 0.05) is 32.0 Å². The quantitative estimate of drug-likeness (QED) is 0.743. The summed E-state index contributed by atoms with van der Waals surface area (Å²) in [5.41, 5.74) is 1.06. The molecule has 0 aromatic carbocycles. The molecule has 1 aliphatic heterocycles. The molecule has 1 atom stereocenters. The highest BCUT2D eigenvalue weighted by Crippen LogP contribution is 2.23. The maximum atomic E-state index is 5.83. The van der Waals surface area contributed by atoms with Crippen molar-refractivity contribution < 1.29 is 4.74 Å². The highest BCUT2D eigenvalue weighted by Gasteiger charge is 2.21. The molecule has 0 aliphatic carbocycles. The van der Waals surface area contributed by atoms with Gasteiger partial charge in [0.25, 0.3) is 0 Å². The summed E-state index contributed by atoms with van der Waals surface area (Å²) < 4.78 is 5.39. The van der Waals surface area contributed by atoms with Crippen molar-refractivity contribution in [3.8, 4) is 0 Å². The van der Waals surface area contributed by atoms with E-state index in [9.17, 15) is 0 Å². The Morgan fingerprint density at radius 2 is 2.38 bits per heavy atom. The van der Waals surface area contributed by atoms with Crippen molar-refractivity contribution in [2.75, 3.05) is 25.1 Å². The Balaban J connectivity index is 2.19. The molecule has 0 radical (unpaired) electrons. The Bertz CT molecular complexity index is 372. The molecule has 88 valence electrons. The van der Waals surface area contributed by atoms with Crippen LogP contribution in [0.4, 0.5) is 5.82 Å². The van der Waals surface area contributed by atoms with Crippen LogP contribution >= 0.6 is 11.6 Å². The fraction of sp³-hybridized carbons (Fsp3) is 0.636. The number of rotatable bonds is 2. The number of nitrogens with zero attached hydrogens (tertiary/aromatic N) is 3. The van der Waals surface area contributed by atoms with Gasteiger partial charge in [-0.1, -0.05) is 0 Å². The normalized spacial score (nSPS) is 21.2. The van der Waals surface area contributed by atoms with Crippen LogP contribution < -0.4 is 4.90 Å². The number of hydrogen-bond acceptors (Lipinski definition) is 4. The first-order valence-corrected chi connectivity index (χ1v) is 5.85. The number of halogens is 1. The topological polar surface area (TPSA) is 38.2 Å². The van der Waals surface area contributed by atoms with E-state index in [1.807, 2.05) is 6.92 Å². The number of aryl methyl sites for hydroxylation is 1. The molecule has 16 heavy (non-hydrogen) atoms. The Kier molecular flexibility index (Phi) is 3.61. The summed E-state index contributed by atoms with van der Waals surface area (Å²) >= 11 is 5.83. The largest absolute Gasteiger partial charge is 0.380 e. The van der Waals surface area contributed by atoms with E-state index in [1.54, 1.807) is 13.3 Å².